The maximum Gasteiger partial charge on any atom is 0.237 e. The van der Waals surface area contributed by atoms with E-state index < -0.39 is 0 Å². The van der Waals surface area contributed by atoms with Crippen LogP contribution in [-0.4, -0.2) is 47.4 Å². The van der Waals surface area contributed by atoms with Crippen LogP contribution in [-0.2, 0) is 4.79 Å². The third kappa shape index (κ3) is 4.27. The molecule has 1 aliphatic heterocycles. The molecule has 1 fully saturated rings. The number of carbonyl (C=O) groups is 1. The first-order chi connectivity index (χ1) is 8.60. The Kier molecular flexibility index (Phi) is 6.69. The molecule has 0 saturated carbocycles. The van der Waals surface area contributed by atoms with Crippen molar-refractivity contribution in [3.05, 3.63) is 0 Å². The fourth-order valence-electron chi connectivity index (χ4n) is 2.92. The maximum absolute atomic E-state index is 12.4. The summed E-state index contributed by atoms with van der Waals surface area (Å²) >= 11 is 0. The normalized spacial score (nSPS) is 24.6. The average molecular weight is 254 g/mol. The molecule has 2 unspecified atom stereocenters. The zero-order valence-electron chi connectivity index (χ0n) is 12.6. The molecule has 3 nitrogen and oxygen atoms in total. The van der Waals surface area contributed by atoms with Gasteiger partial charge >= 0.3 is 0 Å². The Balaban J connectivity index is 2.51. The van der Waals surface area contributed by atoms with Crippen LogP contribution in [0.15, 0.2) is 0 Å². The molecule has 0 aromatic rings. The summed E-state index contributed by atoms with van der Waals surface area (Å²) in [5, 5.41) is 0. The number of piperidine rings is 1. The highest BCUT2D eigenvalue weighted by molar-refractivity contribution is 5.79. The minimum Gasteiger partial charge on any atom is -0.336 e. The smallest absolute Gasteiger partial charge is 0.237 e. The maximum atomic E-state index is 12.4. The topological polar surface area (TPSA) is 23.6 Å². The second-order valence-corrected chi connectivity index (χ2v) is 5.65. The number of nitrogens with zero attached hydrogens (tertiary/aromatic N) is 2. The Labute approximate surface area is 113 Å². The molecule has 0 N–H and O–H groups in total. The number of likely N-dealkylation sites (tertiary alicyclic amines) is 1. The summed E-state index contributed by atoms with van der Waals surface area (Å²) in [5.41, 5.74) is 0. The molecule has 1 heterocycles. The average Bonchev–Trinajstić information content (AvgIpc) is 2.34. The summed E-state index contributed by atoms with van der Waals surface area (Å²) < 4.78 is 0. The number of rotatable bonds is 6. The molecule has 18 heavy (non-hydrogen) atoms. The van der Waals surface area contributed by atoms with E-state index >= 15 is 0 Å². The first-order valence-corrected chi connectivity index (χ1v) is 7.63. The van der Waals surface area contributed by atoms with Gasteiger partial charge in [0.15, 0.2) is 0 Å². The second-order valence-electron chi connectivity index (χ2n) is 5.65. The first kappa shape index (κ1) is 15.5. The lowest BCUT2D eigenvalue weighted by Crippen LogP contribution is -2.51. The van der Waals surface area contributed by atoms with E-state index in [-0.39, 0.29) is 0 Å². The van der Waals surface area contributed by atoms with Crippen LogP contribution in [0, 0.1) is 0 Å². The van der Waals surface area contributed by atoms with Crippen molar-refractivity contribution in [2.45, 2.75) is 71.9 Å². The summed E-state index contributed by atoms with van der Waals surface area (Å²) in [7, 11) is 0. The van der Waals surface area contributed by atoms with E-state index in [1.165, 1.54) is 19.3 Å². The van der Waals surface area contributed by atoms with E-state index in [9.17, 15) is 4.79 Å². The molecule has 1 aliphatic rings. The number of carbonyl (C=O) groups excluding carboxylic acids is 1. The van der Waals surface area contributed by atoms with Gasteiger partial charge in [-0.15, -0.1) is 0 Å². The number of unbranched alkanes of at least 4 members (excludes halogenated alkanes) is 1. The van der Waals surface area contributed by atoms with Crippen molar-refractivity contribution in [2.24, 2.45) is 0 Å². The Morgan fingerprint density at radius 3 is 2.33 bits per heavy atom. The third-order valence-corrected chi connectivity index (χ3v) is 4.12. The van der Waals surface area contributed by atoms with Crippen LogP contribution in [0.1, 0.15) is 59.8 Å². The molecule has 1 amide bonds. The van der Waals surface area contributed by atoms with Gasteiger partial charge in [-0.1, -0.05) is 20.3 Å². The zero-order chi connectivity index (χ0) is 13.5. The van der Waals surface area contributed by atoms with Gasteiger partial charge < -0.3 is 4.90 Å². The summed E-state index contributed by atoms with van der Waals surface area (Å²) in [6.07, 6.45) is 5.97. The van der Waals surface area contributed by atoms with Crippen LogP contribution in [0.4, 0.5) is 0 Å². The predicted molar refractivity (Wildman–Crippen MR) is 76.6 cm³/mol. The summed E-state index contributed by atoms with van der Waals surface area (Å²) in [5.74, 6) is 0.327. The van der Waals surface area contributed by atoms with Gasteiger partial charge in [0.25, 0.3) is 0 Å². The molecule has 3 heteroatoms. The van der Waals surface area contributed by atoms with E-state index in [2.05, 4.69) is 37.5 Å². The van der Waals surface area contributed by atoms with Crippen molar-refractivity contribution in [2.75, 3.05) is 19.6 Å². The third-order valence-electron chi connectivity index (χ3n) is 4.12. The van der Waals surface area contributed by atoms with E-state index in [1.807, 2.05) is 0 Å². The van der Waals surface area contributed by atoms with Crippen LogP contribution < -0.4 is 0 Å². The summed E-state index contributed by atoms with van der Waals surface area (Å²) in [4.78, 5) is 16.8. The lowest BCUT2D eigenvalue weighted by Gasteiger charge is -2.40. The Bertz CT molecular complexity index is 245. The fourth-order valence-corrected chi connectivity index (χ4v) is 2.92. The Morgan fingerprint density at radius 2 is 1.83 bits per heavy atom. The van der Waals surface area contributed by atoms with Gasteiger partial charge in [-0.2, -0.15) is 0 Å². The molecule has 1 saturated heterocycles. The predicted octanol–water partition coefficient (Wildman–Crippen LogP) is 2.90. The highest BCUT2D eigenvalue weighted by Crippen LogP contribution is 2.22. The minimum absolute atomic E-state index is 0.327. The SMILES string of the molecule is CCCCN(CC)CC(=O)N1C(C)CCCC1C. The molecule has 0 aromatic carbocycles. The van der Waals surface area contributed by atoms with Crippen LogP contribution in [0.5, 0.6) is 0 Å². The molecule has 1 rings (SSSR count). The van der Waals surface area contributed by atoms with Crippen LogP contribution >= 0.6 is 0 Å². The van der Waals surface area contributed by atoms with E-state index in [4.69, 9.17) is 0 Å². The Hall–Kier alpha value is -0.570. The van der Waals surface area contributed by atoms with Crippen molar-refractivity contribution < 1.29 is 4.79 Å². The molecular weight excluding hydrogens is 224 g/mol. The van der Waals surface area contributed by atoms with Gasteiger partial charge in [-0.05, 0) is 52.6 Å². The zero-order valence-corrected chi connectivity index (χ0v) is 12.6. The molecule has 0 aromatic heterocycles. The molecule has 0 radical (unpaired) electrons. The lowest BCUT2D eigenvalue weighted by molar-refractivity contribution is -0.138. The molecule has 2 atom stereocenters. The number of amides is 1. The standard InChI is InChI=1S/C15H30N2O/c1-5-7-11-16(6-2)12-15(18)17-13(3)9-8-10-14(17)4/h13-14H,5-12H2,1-4H3. The monoisotopic (exact) mass is 254 g/mol. The molecule has 0 aliphatic carbocycles. The number of likely N-dealkylation sites (N-methyl/N-ethyl adjacent to an activating group) is 1. The fraction of sp³-hybridized carbons (Fsp3) is 0.933. The number of hydrogen-bond donors (Lipinski definition) is 0. The molecule has 106 valence electrons. The van der Waals surface area contributed by atoms with Crippen molar-refractivity contribution in [1.82, 2.24) is 9.80 Å². The van der Waals surface area contributed by atoms with E-state index in [0.717, 1.165) is 25.9 Å². The van der Waals surface area contributed by atoms with Crippen molar-refractivity contribution in [3.8, 4) is 0 Å². The lowest BCUT2D eigenvalue weighted by atomic mass is 9.97. The van der Waals surface area contributed by atoms with Crippen LogP contribution in [0.3, 0.4) is 0 Å². The molecule has 0 spiro atoms. The van der Waals surface area contributed by atoms with Crippen LogP contribution in [0.2, 0.25) is 0 Å². The minimum atomic E-state index is 0.327. The molecular formula is C15H30N2O. The van der Waals surface area contributed by atoms with Crippen LogP contribution in [0.25, 0.3) is 0 Å². The number of hydrogen-bond acceptors (Lipinski definition) is 2. The van der Waals surface area contributed by atoms with Gasteiger partial charge in [0.2, 0.25) is 5.91 Å². The largest absolute Gasteiger partial charge is 0.336 e. The summed E-state index contributed by atoms with van der Waals surface area (Å²) in [6.45, 7) is 11.4. The van der Waals surface area contributed by atoms with Gasteiger partial charge in [0, 0.05) is 12.1 Å². The molecule has 0 bridgehead atoms. The van der Waals surface area contributed by atoms with Gasteiger partial charge in [-0.3, -0.25) is 9.69 Å². The van der Waals surface area contributed by atoms with Gasteiger partial charge in [-0.25, -0.2) is 0 Å². The van der Waals surface area contributed by atoms with Gasteiger partial charge in [0.05, 0.1) is 6.54 Å². The highest BCUT2D eigenvalue weighted by Gasteiger charge is 2.29. The highest BCUT2D eigenvalue weighted by atomic mass is 16.2. The first-order valence-electron chi connectivity index (χ1n) is 7.63. The van der Waals surface area contributed by atoms with Crippen molar-refractivity contribution in [1.29, 1.82) is 0 Å². The van der Waals surface area contributed by atoms with E-state index in [0.29, 0.717) is 24.5 Å². The van der Waals surface area contributed by atoms with E-state index in [1.54, 1.807) is 0 Å². The van der Waals surface area contributed by atoms with Crippen molar-refractivity contribution >= 4 is 5.91 Å². The summed E-state index contributed by atoms with van der Waals surface area (Å²) in [6, 6.07) is 0.845. The van der Waals surface area contributed by atoms with Crippen molar-refractivity contribution in [3.63, 3.8) is 0 Å². The van der Waals surface area contributed by atoms with Gasteiger partial charge in [0.1, 0.15) is 0 Å². The quantitative estimate of drug-likeness (QED) is 0.727. The Morgan fingerprint density at radius 1 is 1.22 bits per heavy atom. The second kappa shape index (κ2) is 7.78.